The molecule has 0 saturated heterocycles. The van der Waals surface area contributed by atoms with Gasteiger partial charge < -0.3 is 14.9 Å². The summed E-state index contributed by atoms with van der Waals surface area (Å²) in [6.07, 6.45) is 0. The first-order valence-electron chi connectivity index (χ1n) is 4.29. The van der Waals surface area contributed by atoms with Gasteiger partial charge in [-0.15, -0.1) is 0 Å². The van der Waals surface area contributed by atoms with Crippen molar-refractivity contribution in [2.75, 3.05) is 6.61 Å². The third kappa shape index (κ3) is 5.69. The van der Waals surface area contributed by atoms with E-state index in [1.54, 1.807) is 13.8 Å². The molecule has 3 N–H and O–H groups in total. The monoisotopic (exact) mass is 203 g/mol. The van der Waals surface area contributed by atoms with Gasteiger partial charge in [-0.05, 0) is 20.8 Å². The fourth-order valence-electron chi connectivity index (χ4n) is 0.793. The summed E-state index contributed by atoms with van der Waals surface area (Å²) >= 11 is 0. The third-order valence-electron chi connectivity index (χ3n) is 1.27. The second-order valence-corrected chi connectivity index (χ2v) is 3.47. The van der Waals surface area contributed by atoms with E-state index >= 15 is 0 Å². The minimum atomic E-state index is -2.20. The lowest BCUT2D eigenvalue weighted by Gasteiger charge is -2.24. The summed E-state index contributed by atoms with van der Waals surface area (Å²) in [5.41, 5.74) is 0.213. The summed E-state index contributed by atoms with van der Waals surface area (Å²) in [5, 5.41) is 20.9. The molecule has 0 aliphatic rings. The topological polar surface area (TPSA) is 78.8 Å². The van der Waals surface area contributed by atoms with Gasteiger partial charge in [-0.25, -0.2) is 4.79 Å². The zero-order valence-corrected chi connectivity index (χ0v) is 8.70. The van der Waals surface area contributed by atoms with Crippen LogP contribution in [0, 0.1) is 0 Å². The van der Waals surface area contributed by atoms with Crippen LogP contribution in [-0.4, -0.2) is 34.7 Å². The van der Waals surface area contributed by atoms with Gasteiger partial charge >= 0.3 is 5.97 Å². The summed E-state index contributed by atoms with van der Waals surface area (Å²) in [7, 11) is 0. The first kappa shape index (κ1) is 13.1. The molecule has 0 spiro atoms. The van der Waals surface area contributed by atoms with E-state index in [4.69, 9.17) is 0 Å². The minimum absolute atomic E-state index is 0.131. The summed E-state index contributed by atoms with van der Waals surface area (Å²) in [6, 6.07) is -0.131. The number of carbonyl (C=O) groups excluding carboxylic acids is 1. The van der Waals surface area contributed by atoms with Crippen molar-refractivity contribution in [2.24, 2.45) is 0 Å². The molecule has 14 heavy (non-hydrogen) atoms. The van der Waals surface area contributed by atoms with E-state index in [2.05, 4.69) is 16.6 Å². The number of ether oxygens (including phenoxy) is 1. The molecule has 0 bridgehead atoms. The maximum absolute atomic E-state index is 10.9. The molecule has 0 rings (SSSR count). The van der Waals surface area contributed by atoms with Crippen LogP contribution in [0.2, 0.25) is 0 Å². The highest BCUT2D eigenvalue weighted by molar-refractivity contribution is 5.86. The molecule has 0 aromatic rings. The first-order chi connectivity index (χ1) is 6.24. The molecule has 0 aliphatic carbocycles. The molecule has 0 unspecified atom stereocenters. The molecule has 0 radical (unpaired) electrons. The lowest BCUT2D eigenvalue weighted by atomic mass is 10.3. The molecule has 0 heterocycles. The van der Waals surface area contributed by atoms with Gasteiger partial charge in [0.25, 0.3) is 5.91 Å². The van der Waals surface area contributed by atoms with Crippen molar-refractivity contribution >= 4 is 5.97 Å². The van der Waals surface area contributed by atoms with Gasteiger partial charge in [-0.1, -0.05) is 6.58 Å². The predicted molar refractivity (Wildman–Crippen MR) is 51.2 cm³/mol. The molecule has 0 aliphatic heterocycles. The van der Waals surface area contributed by atoms with Gasteiger partial charge in [0.1, 0.15) is 0 Å². The Morgan fingerprint density at radius 3 is 2.43 bits per heavy atom. The van der Waals surface area contributed by atoms with Crippen molar-refractivity contribution in [2.45, 2.75) is 32.7 Å². The van der Waals surface area contributed by atoms with Crippen molar-refractivity contribution in [1.82, 2.24) is 5.32 Å². The number of rotatable bonds is 5. The molecular weight excluding hydrogens is 186 g/mol. The minimum Gasteiger partial charge on any atom is -0.455 e. The maximum atomic E-state index is 10.9. The van der Waals surface area contributed by atoms with E-state index in [-0.39, 0.29) is 11.6 Å². The van der Waals surface area contributed by atoms with E-state index in [1.165, 1.54) is 6.92 Å². The Morgan fingerprint density at radius 2 is 2.07 bits per heavy atom. The fourth-order valence-corrected chi connectivity index (χ4v) is 0.793. The van der Waals surface area contributed by atoms with Crippen molar-refractivity contribution < 1.29 is 19.7 Å². The van der Waals surface area contributed by atoms with E-state index in [0.717, 1.165) is 0 Å². The highest BCUT2D eigenvalue weighted by Gasteiger charge is 2.25. The van der Waals surface area contributed by atoms with Gasteiger partial charge in [0.05, 0.1) is 0 Å². The summed E-state index contributed by atoms with van der Waals surface area (Å²) in [5.74, 6) is -2.85. The van der Waals surface area contributed by atoms with Gasteiger partial charge in [-0.2, -0.15) is 0 Å². The maximum Gasteiger partial charge on any atom is 0.333 e. The Balaban J connectivity index is 3.98. The molecule has 5 heteroatoms. The van der Waals surface area contributed by atoms with E-state index < -0.39 is 18.5 Å². The van der Waals surface area contributed by atoms with Crippen molar-refractivity contribution in [1.29, 1.82) is 0 Å². The molecule has 0 atom stereocenters. The van der Waals surface area contributed by atoms with Crippen LogP contribution < -0.4 is 5.32 Å². The molecule has 0 aromatic heterocycles. The molecule has 0 fully saturated rings. The first-order valence-corrected chi connectivity index (χ1v) is 4.29. The number of esters is 1. The molecule has 82 valence electrons. The van der Waals surface area contributed by atoms with E-state index in [0.29, 0.717) is 0 Å². The smallest absolute Gasteiger partial charge is 0.333 e. The number of carbonyl (C=O) groups is 1. The molecule has 5 nitrogen and oxygen atoms in total. The summed E-state index contributed by atoms with van der Waals surface area (Å²) in [6.45, 7) is 7.78. The molecule has 0 saturated carbocycles. The summed E-state index contributed by atoms with van der Waals surface area (Å²) in [4.78, 5) is 10.9. The zero-order valence-electron chi connectivity index (χ0n) is 8.70. The normalized spacial score (nSPS) is 11.6. The Kier molecular flexibility index (Phi) is 4.76. The standard InChI is InChI=1S/C9H17NO4/c1-6(2)8(11)14-5-9(12,13)10-7(3)4/h7,10,12-13H,1,5H2,2-4H3. The van der Waals surface area contributed by atoms with Crippen LogP contribution in [-0.2, 0) is 9.53 Å². The summed E-state index contributed by atoms with van der Waals surface area (Å²) < 4.78 is 4.57. The second kappa shape index (κ2) is 5.09. The largest absolute Gasteiger partial charge is 0.455 e. The quantitative estimate of drug-likeness (QED) is 0.326. The Bertz CT molecular complexity index is 223. The highest BCUT2D eigenvalue weighted by atomic mass is 16.6. The predicted octanol–water partition coefficient (Wildman–Crippen LogP) is -0.258. The average Bonchev–Trinajstić information content (AvgIpc) is 1.97. The van der Waals surface area contributed by atoms with Gasteiger partial charge in [0, 0.05) is 11.6 Å². The van der Waals surface area contributed by atoms with Crippen molar-refractivity contribution in [3.8, 4) is 0 Å². The average molecular weight is 203 g/mol. The molecular formula is C9H17NO4. The van der Waals surface area contributed by atoms with Crippen LogP contribution in [0.4, 0.5) is 0 Å². The van der Waals surface area contributed by atoms with Crippen LogP contribution in [0.25, 0.3) is 0 Å². The number of nitrogens with one attached hydrogen (secondary N) is 1. The number of hydrogen-bond acceptors (Lipinski definition) is 5. The Morgan fingerprint density at radius 1 is 1.57 bits per heavy atom. The highest BCUT2D eigenvalue weighted by Crippen LogP contribution is 2.00. The van der Waals surface area contributed by atoms with Crippen LogP contribution >= 0.6 is 0 Å². The Labute approximate surface area is 83.4 Å². The molecule has 0 amide bonds. The van der Waals surface area contributed by atoms with E-state index in [9.17, 15) is 15.0 Å². The molecule has 0 aromatic carbocycles. The lowest BCUT2D eigenvalue weighted by Crippen LogP contribution is -2.52. The van der Waals surface area contributed by atoms with Gasteiger partial charge in [0.15, 0.2) is 6.61 Å². The van der Waals surface area contributed by atoms with Crippen molar-refractivity contribution in [3.63, 3.8) is 0 Å². The number of aliphatic hydroxyl groups is 2. The van der Waals surface area contributed by atoms with Crippen LogP contribution in [0.15, 0.2) is 12.2 Å². The Hall–Kier alpha value is -0.910. The van der Waals surface area contributed by atoms with Gasteiger partial charge in [-0.3, -0.25) is 5.32 Å². The second-order valence-electron chi connectivity index (χ2n) is 3.47. The SMILES string of the molecule is C=C(C)C(=O)OCC(O)(O)NC(C)C. The van der Waals surface area contributed by atoms with Crippen LogP contribution in [0.1, 0.15) is 20.8 Å². The lowest BCUT2D eigenvalue weighted by molar-refractivity contribution is -0.221. The van der Waals surface area contributed by atoms with Crippen LogP contribution in [0.5, 0.6) is 0 Å². The zero-order chi connectivity index (χ0) is 11.4. The van der Waals surface area contributed by atoms with E-state index in [1.807, 2.05) is 0 Å². The van der Waals surface area contributed by atoms with Gasteiger partial charge in [0.2, 0.25) is 0 Å². The fraction of sp³-hybridized carbons (Fsp3) is 0.667. The van der Waals surface area contributed by atoms with Crippen LogP contribution in [0.3, 0.4) is 0 Å². The van der Waals surface area contributed by atoms with Crippen molar-refractivity contribution in [3.05, 3.63) is 12.2 Å². The number of hydrogen-bond donors (Lipinski definition) is 3. The third-order valence-corrected chi connectivity index (χ3v) is 1.27.